The zero-order valence-electron chi connectivity index (χ0n) is 11.4. The Morgan fingerprint density at radius 2 is 1.79 bits per heavy atom. The molecule has 0 atom stereocenters. The summed E-state index contributed by atoms with van der Waals surface area (Å²) in [6.45, 7) is 7.52. The molecule has 1 rings (SSSR count). The lowest BCUT2D eigenvalue weighted by Gasteiger charge is -2.21. The monoisotopic (exact) mass is 349 g/mol. The number of amides is 1. The van der Waals surface area contributed by atoms with Crippen LogP contribution in [0.3, 0.4) is 0 Å². The first-order valence-corrected chi connectivity index (χ1v) is 8.00. The molecule has 19 heavy (non-hydrogen) atoms. The summed E-state index contributed by atoms with van der Waals surface area (Å²) < 4.78 is 11.6. The van der Waals surface area contributed by atoms with Crippen molar-refractivity contribution in [3.63, 3.8) is 0 Å². The van der Waals surface area contributed by atoms with Crippen molar-refractivity contribution in [2.45, 2.75) is 13.8 Å². The van der Waals surface area contributed by atoms with Gasteiger partial charge in [0.2, 0.25) is 0 Å². The van der Waals surface area contributed by atoms with Crippen LogP contribution in [0, 0.1) is 0 Å². The number of carbonyl (C=O) groups is 1. The van der Waals surface area contributed by atoms with Crippen LogP contribution in [0.15, 0.2) is 15.9 Å². The Balaban J connectivity index is 2.57. The molecule has 0 saturated carbocycles. The predicted molar refractivity (Wildman–Crippen MR) is 80.9 cm³/mol. The van der Waals surface area contributed by atoms with Gasteiger partial charge in [0.15, 0.2) is 0 Å². The summed E-state index contributed by atoms with van der Waals surface area (Å²) in [4.78, 5) is 14.9. The number of thiophene rings is 1. The van der Waals surface area contributed by atoms with Crippen molar-refractivity contribution in [3.05, 3.63) is 20.8 Å². The van der Waals surface area contributed by atoms with Crippen LogP contribution in [-0.4, -0.2) is 50.3 Å². The van der Waals surface area contributed by atoms with Crippen LogP contribution in [0.4, 0.5) is 0 Å². The van der Waals surface area contributed by atoms with Gasteiger partial charge in [-0.2, -0.15) is 0 Å². The van der Waals surface area contributed by atoms with Gasteiger partial charge in [0.25, 0.3) is 5.91 Å². The Morgan fingerprint density at radius 3 is 2.21 bits per heavy atom. The Kier molecular flexibility index (Phi) is 8.29. The zero-order valence-corrected chi connectivity index (χ0v) is 13.8. The van der Waals surface area contributed by atoms with Gasteiger partial charge in [-0.15, -0.1) is 11.3 Å². The number of nitrogens with zero attached hydrogens (tertiary/aromatic N) is 1. The summed E-state index contributed by atoms with van der Waals surface area (Å²) in [6, 6.07) is 3.73. The van der Waals surface area contributed by atoms with E-state index in [0.29, 0.717) is 39.5 Å². The van der Waals surface area contributed by atoms with E-state index >= 15 is 0 Å². The van der Waals surface area contributed by atoms with E-state index < -0.39 is 0 Å². The maximum Gasteiger partial charge on any atom is 0.264 e. The van der Waals surface area contributed by atoms with Gasteiger partial charge < -0.3 is 14.4 Å². The van der Waals surface area contributed by atoms with Gasteiger partial charge in [0.05, 0.1) is 21.9 Å². The van der Waals surface area contributed by atoms with Crippen molar-refractivity contribution in [2.75, 3.05) is 39.5 Å². The third-order valence-corrected chi connectivity index (χ3v) is 4.10. The van der Waals surface area contributed by atoms with Gasteiger partial charge in [-0.05, 0) is 41.9 Å². The molecule has 0 fully saturated rings. The van der Waals surface area contributed by atoms with Crippen molar-refractivity contribution in [1.29, 1.82) is 0 Å². The van der Waals surface area contributed by atoms with E-state index in [-0.39, 0.29) is 5.91 Å². The number of carbonyl (C=O) groups excluding carboxylic acids is 1. The molecular weight excluding hydrogens is 330 g/mol. The summed E-state index contributed by atoms with van der Waals surface area (Å²) in [5.74, 6) is 0.0371. The number of rotatable bonds is 9. The Hall–Kier alpha value is -0.430. The minimum absolute atomic E-state index is 0.0371. The summed E-state index contributed by atoms with van der Waals surface area (Å²) >= 11 is 4.82. The standard InChI is InChI=1S/C13H20BrNO3S/c1-3-17-9-7-15(8-10-18-4-2)13(16)11-5-6-12(14)19-11/h5-6H,3-4,7-10H2,1-2H3. The van der Waals surface area contributed by atoms with Gasteiger partial charge >= 0.3 is 0 Å². The van der Waals surface area contributed by atoms with Gasteiger partial charge in [0, 0.05) is 26.3 Å². The molecule has 108 valence electrons. The topological polar surface area (TPSA) is 38.8 Å². The van der Waals surface area contributed by atoms with Crippen LogP contribution in [0.2, 0.25) is 0 Å². The van der Waals surface area contributed by atoms with Crippen LogP contribution >= 0.6 is 27.3 Å². The summed E-state index contributed by atoms with van der Waals surface area (Å²) in [6.07, 6.45) is 0. The predicted octanol–water partition coefficient (Wildman–Crippen LogP) is 3.03. The molecule has 0 aliphatic rings. The number of halogens is 1. The number of hydrogen-bond donors (Lipinski definition) is 0. The van der Waals surface area contributed by atoms with Crippen LogP contribution in [-0.2, 0) is 9.47 Å². The Morgan fingerprint density at radius 1 is 1.21 bits per heavy atom. The molecule has 0 bridgehead atoms. The summed E-state index contributed by atoms with van der Waals surface area (Å²) in [5, 5.41) is 0. The highest BCUT2D eigenvalue weighted by atomic mass is 79.9. The lowest BCUT2D eigenvalue weighted by atomic mass is 10.4. The fourth-order valence-corrected chi connectivity index (χ4v) is 2.89. The van der Waals surface area contributed by atoms with Gasteiger partial charge in [-0.25, -0.2) is 0 Å². The smallest absolute Gasteiger partial charge is 0.264 e. The minimum Gasteiger partial charge on any atom is -0.380 e. The van der Waals surface area contributed by atoms with Gasteiger partial charge in [-0.1, -0.05) is 0 Å². The molecule has 0 spiro atoms. The first-order chi connectivity index (χ1) is 9.19. The summed E-state index contributed by atoms with van der Waals surface area (Å²) in [7, 11) is 0. The molecule has 0 saturated heterocycles. The molecule has 0 aliphatic carbocycles. The van der Waals surface area contributed by atoms with Crippen molar-refractivity contribution in [3.8, 4) is 0 Å². The molecule has 4 nitrogen and oxygen atoms in total. The molecule has 1 aromatic rings. The van der Waals surface area contributed by atoms with Crippen molar-refractivity contribution in [1.82, 2.24) is 4.90 Å². The molecule has 1 aromatic heterocycles. The molecule has 0 aromatic carbocycles. The minimum atomic E-state index is 0.0371. The van der Waals surface area contributed by atoms with Crippen LogP contribution in [0.1, 0.15) is 23.5 Å². The van der Waals surface area contributed by atoms with Crippen molar-refractivity contribution < 1.29 is 14.3 Å². The van der Waals surface area contributed by atoms with E-state index in [9.17, 15) is 4.79 Å². The second-order valence-electron chi connectivity index (χ2n) is 3.79. The molecular formula is C13H20BrNO3S. The lowest BCUT2D eigenvalue weighted by molar-refractivity contribution is 0.0554. The third-order valence-electron chi connectivity index (χ3n) is 2.49. The van der Waals surface area contributed by atoms with Gasteiger partial charge in [0.1, 0.15) is 0 Å². The lowest BCUT2D eigenvalue weighted by Crippen LogP contribution is -2.36. The highest BCUT2D eigenvalue weighted by molar-refractivity contribution is 9.11. The average molecular weight is 350 g/mol. The summed E-state index contributed by atoms with van der Waals surface area (Å²) in [5.41, 5.74) is 0. The van der Waals surface area contributed by atoms with E-state index in [1.165, 1.54) is 11.3 Å². The fourth-order valence-electron chi connectivity index (χ4n) is 1.54. The highest BCUT2D eigenvalue weighted by Gasteiger charge is 2.17. The Bertz CT molecular complexity index is 374. The SMILES string of the molecule is CCOCCN(CCOCC)C(=O)c1ccc(Br)s1. The van der Waals surface area contributed by atoms with Crippen LogP contribution < -0.4 is 0 Å². The highest BCUT2D eigenvalue weighted by Crippen LogP contribution is 2.23. The number of ether oxygens (including phenoxy) is 2. The van der Waals surface area contributed by atoms with E-state index in [2.05, 4.69) is 15.9 Å². The van der Waals surface area contributed by atoms with Crippen molar-refractivity contribution in [2.24, 2.45) is 0 Å². The molecule has 0 unspecified atom stereocenters. The van der Waals surface area contributed by atoms with Crippen LogP contribution in [0.25, 0.3) is 0 Å². The molecule has 0 aliphatic heterocycles. The number of hydrogen-bond acceptors (Lipinski definition) is 4. The van der Waals surface area contributed by atoms with E-state index in [1.807, 2.05) is 26.0 Å². The molecule has 0 N–H and O–H groups in total. The first-order valence-electron chi connectivity index (χ1n) is 6.39. The quantitative estimate of drug-likeness (QED) is 0.643. The third kappa shape index (κ3) is 6.03. The second kappa shape index (κ2) is 9.47. The maximum atomic E-state index is 12.4. The second-order valence-corrected chi connectivity index (χ2v) is 6.25. The molecule has 6 heteroatoms. The normalized spacial score (nSPS) is 10.7. The van der Waals surface area contributed by atoms with E-state index in [4.69, 9.17) is 9.47 Å². The maximum absolute atomic E-state index is 12.4. The van der Waals surface area contributed by atoms with Crippen molar-refractivity contribution >= 4 is 33.2 Å². The average Bonchev–Trinajstić information content (AvgIpc) is 2.83. The fraction of sp³-hybridized carbons (Fsp3) is 0.615. The molecule has 1 heterocycles. The largest absolute Gasteiger partial charge is 0.380 e. The van der Waals surface area contributed by atoms with Crippen LogP contribution in [0.5, 0.6) is 0 Å². The van der Waals surface area contributed by atoms with E-state index in [1.54, 1.807) is 4.90 Å². The molecule has 1 amide bonds. The van der Waals surface area contributed by atoms with E-state index in [0.717, 1.165) is 8.66 Å². The molecule has 0 radical (unpaired) electrons. The first kappa shape index (κ1) is 16.6. The Labute approximate surface area is 126 Å². The van der Waals surface area contributed by atoms with Gasteiger partial charge in [-0.3, -0.25) is 4.79 Å². The zero-order chi connectivity index (χ0) is 14.1.